The monoisotopic (exact) mass is 254 g/mol. The highest BCUT2D eigenvalue weighted by Crippen LogP contribution is 2.45. The topological polar surface area (TPSA) is 9.23 Å². The molecule has 0 saturated carbocycles. The number of hydrogen-bond donors (Lipinski definition) is 0. The van der Waals surface area contributed by atoms with Gasteiger partial charge in [0.25, 0.3) is 0 Å². The number of hydrogen-bond acceptors (Lipinski definition) is 1. The lowest BCUT2D eigenvalue weighted by Crippen LogP contribution is -2.13. The average molecular weight is 254 g/mol. The van der Waals surface area contributed by atoms with Crippen LogP contribution in [0.3, 0.4) is 0 Å². The second-order valence-corrected chi connectivity index (χ2v) is 9.89. The summed E-state index contributed by atoms with van der Waals surface area (Å²) < 4.78 is 5.38. The standard InChI is InChI=1S/C15H26OS/c1-13(2)17(4,5)12-8-10-14-9-6-7-11-15(14)16-3/h6-7,9,11,13H,8,10,12H2,1-5H3. The van der Waals surface area contributed by atoms with Crippen LogP contribution < -0.4 is 4.74 Å². The summed E-state index contributed by atoms with van der Waals surface area (Å²) in [6.45, 7) is 4.69. The van der Waals surface area contributed by atoms with Crippen LogP contribution in [0.1, 0.15) is 25.8 Å². The van der Waals surface area contributed by atoms with Crippen molar-refractivity contribution in [3.8, 4) is 5.75 Å². The van der Waals surface area contributed by atoms with Gasteiger partial charge in [-0.05, 0) is 48.0 Å². The molecule has 0 spiro atoms. The summed E-state index contributed by atoms with van der Waals surface area (Å²) in [7, 11) is 1.32. The van der Waals surface area contributed by atoms with Gasteiger partial charge in [0.05, 0.1) is 7.11 Å². The van der Waals surface area contributed by atoms with Crippen molar-refractivity contribution >= 4 is 10.0 Å². The maximum absolute atomic E-state index is 5.38. The number of rotatable bonds is 6. The largest absolute Gasteiger partial charge is 0.496 e. The number of ether oxygens (including phenoxy) is 1. The van der Waals surface area contributed by atoms with Crippen LogP contribution in [-0.4, -0.2) is 30.6 Å². The van der Waals surface area contributed by atoms with Crippen LogP contribution in [-0.2, 0) is 6.42 Å². The van der Waals surface area contributed by atoms with E-state index in [1.54, 1.807) is 7.11 Å². The molecule has 0 aliphatic rings. The highest BCUT2D eigenvalue weighted by Gasteiger charge is 2.15. The highest BCUT2D eigenvalue weighted by atomic mass is 32.3. The summed E-state index contributed by atoms with van der Waals surface area (Å²) in [4.78, 5) is 0. The van der Waals surface area contributed by atoms with Crippen molar-refractivity contribution in [3.05, 3.63) is 29.8 Å². The summed E-state index contributed by atoms with van der Waals surface area (Å²) >= 11 is 0. The van der Waals surface area contributed by atoms with Gasteiger partial charge in [-0.2, -0.15) is 0 Å². The Hall–Kier alpha value is -0.630. The van der Waals surface area contributed by atoms with Crippen molar-refractivity contribution in [1.82, 2.24) is 0 Å². The Morgan fingerprint density at radius 2 is 1.82 bits per heavy atom. The van der Waals surface area contributed by atoms with Gasteiger partial charge in [0.1, 0.15) is 5.75 Å². The van der Waals surface area contributed by atoms with Crippen LogP contribution in [0.5, 0.6) is 5.75 Å². The molecule has 0 N–H and O–H groups in total. The third-order valence-electron chi connectivity index (χ3n) is 3.59. The zero-order valence-corrected chi connectivity index (χ0v) is 12.6. The normalized spacial score (nSPS) is 12.8. The van der Waals surface area contributed by atoms with Crippen molar-refractivity contribution in [2.24, 2.45) is 0 Å². The third kappa shape index (κ3) is 4.27. The molecule has 0 heterocycles. The molecule has 0 amide bonds. The molecule has 0 fully saturated rings. The van der Waals surface area contributed by atoms with Gasteiger partial charge in [-0.3, -0.25) is 0 Å². The number of methoxy groups -OCH3 is 1. The summed E-state index contributed by atoms with van der Waals surface area (Å²) in [5, 5.41) is 0.820. The molecule has 1 aromatic carbocycles. The van der Waals surface area contributed by atoms with Crippen LogP contribution in [0, 0.1) is 0 Å². The van der Waals surface area contributed by atoms with Crippen molar-refractivity contribution in [2.75, 3.05) is 25.4 Å². The highest BCUT2D eigenvalue weighted by molar-refractivity contribution is 8.33. The molecule has 0 aliphatic heterocycles. The molecule has 1 nitrogen and oxygen atoms in total. The zero-order valence-electron chi connectivity index (χ0n) is 11.8. The Morgan fingerprint density at radius 1 is 1.18 bits per heavy atom. The predicted molar refractivity (Wildman–Crippen MR) is 80.8 cm³/mol. The Balaban J connectivity index is 2.51. The minimum Gasteiger partial charge on any atom is -0.496 e. The summed E-state index contributed by atoms with van der Waals surface area (Å²) in [5.74, 6) is 2.38. The van der Waals surface area contributed by atoms with Crippen LogP contribution >= 0.6 is 10.0 Å². The van der Waals surface area contributed by atoms with E-state index < -0.39 is 10.0 Å². The van der Waals surface area contributed by atoms with Crippen LogP contribution in [0.4, 0.5) is 0 Å². The van der Waals surface area contributed by atoms with E-state index in [0.29, 0.717) is 0 Å². The van der Waals surface area contributed by atoms with E-state index >= 15 is 0 Å². The maximum atomic E-state index is 5.38. The quantitative estimate of drug-likeness (QED) is 0.742. The summed E-state index contributed by atoms with van der Waals surface area (Å²) in [6.07, 6.45) is 7.29. The summed E-state index contributed by atoms with van der Waals surface area (Å²) in [5.41, 5.74) is 1.34. The van der Waals surface area contributed by atoms with Gasteiger partial charge in [-0.1, -0.05) is 32.0 Å². The van der Waals surface area contributed by atoms with Gasteiger partial charge in [0.15, 0.2) is 0 Å². The number of aryl methyl sites for hydroxylation is 1. The van der Waals surface area contributed by atoms with Crippen LogP contribution in [0.15, 0.2) is 24.3 Å². The molecule has 2 heteroatoms. The molecule has 0 saturated heterocycles. The summed E-state index contributed by atoms with van der Waals surface area (Å²) in [6, 6.07) is 8.36. The van der Waals surface area contributed by atoms with E-state index in [1.165, 1.54) is 17.7 Å². The molecule has 0 unspecified atom stereocenters. The van der Waals surface area contributed by atoms with Gasteiger partial charge in [0, 0.05) is 0 Å². The average Bonchev–Trinajstić information content (AvgIpc) is 2.29. The maximum Gasteiger partial charge on any atom is 0.122 e. The first-order chi connectivity index (χ1) is 7.97. The lowest BCUT2D eigenvalue weighted by Gasteiger charge is -2.36. The predicted octanol–water partition coefficient (Wildman–Crippen LogP) is 4.10. The van der Waals surface area contributed by atoms with Gasteiger partial charge in [-0.25, -0.2) is 10.0 Å². The Bertz CT molecular complexity index is 345. The van der Waals surface area contributed by atoms with Gasteiger partial charge in [-0.15, -0.1) is 0 Å². The third-order valence-corrected chi connectivity index (χ3v) is 7.48. The number of benzene rings is 1. The first-order valence-corrected chi connectivity index (χ1v) is 8.97. The smallest absolute Gasteiger partial charge is 0.122 e. The Labute approximate surface area is 108 Å². The van der Waals surface area contributed by atoms with E-state index in [2.05, 4.69) is 44.6 Å². The fourth-order valence-electron chi connectivity index (χ4n) is 1.78. The minimum absolute atomic E-state index is 0.429. The Kier molecular flexibility index (Phi) is 5.38. The fourth-order valence-corrected chi connectivity index (χ4v) is 3.14. The molecule has 17 heavy (non-hydrogen) atoms. The lowest BCUT2D eigenvalue weighted by molar-refractivity contribution is 0.409. The second kappa shape index (κ2) is 6.34. The molecular weight excluding hydrogens is 228 g/mol. The van der Waals surface area contributed by atoms with E-state index in [0.717, 1.165) is 17.4 Å². The molecule has 0 aromatic heterocycles. The van der Waals surface area contributed by atoms with Gasteiger partial charge < -0.3 is 4.74 Å². The van der Waals surface area contributed by atoms with Crippen molar-refractivity contribution < 1.29 is 4.74 Å². The van der Waals surface area contributed by atoms with Gasteiger partial charge >= 0.3 is 0 Å². The van der Waals surface area contributed by atoms with E-state index in [1.807, 2.05) is 6.07 Å². The van der Waals surface area contributed by atoms with Crippen molar-refractivity contribution in [2.45, 2.75) is 31.9 Å². The van der Waals surface area contributed by atoms with Crippen LogP contribution in [0.2, 0.25) is 0 Å². The number of para-hydroxylation sites is 1. The van der Waals surface area contributed by atoms with E-state index in [9.17, 15) is 0 Å². The molecule has 1 rings (SSSR count). The fraction of sp³-hybridized carbons (Fsp3) is 0.600. The molecular formula is C15H26OS. The van der Waals surface area contributed by atoms with Crippen LogP contribution in [0.25, 0.3) is 0 Å². The lowest BCUT2D eigenvalue weighted by atomic mass is 10.1. The zero-order chi connectivity index (χ0) is 12.9. The Morgan fingerprint density at radius 3 is 2.41 bits per heavy atom. The van der Waals surface area contributed by atoms with Crippen molar-refractivity contribution in [3.63, 3.8) is 0 Å². The molecule has 0 bridgehead atoms. The first-order valence-electron chi connectivity index (χ1n) is 6.29. The SMILES string of the molecule is COc1ccccc1CCCS(C)(C)C(C)C. The minimum atomic E-state index is -0.429. The van der Waals surface area contributed by atoms with Gasteiger partial charge in [0.2, 0.25) is 0 Å². The first kappa shape index (κ1) is 14.4. The molecule has 1 aromatic rings. The van der Waals surface area contributed by atoms with E-state index in [-0.39, 0.29) is 0 Å². The molecule has 0 atom stereocenters. The van der Waals surface area contributed by atoms with E-state index in [4.69, 9.17) is 4.74 Å². The molecule has 0 aliphatic carbocycles. The molecule has 98 valence electrons. The second-order valence-electron chi connectivity index (χ2n) is 5.29. The van der Waals surface area contributed by atoms with Crippen molar-refractivity contribution in [1.29, 1.82) is 0 Å². The molecule has 0 radical (unpaired) electrons.